The Morgan fingerprint density at radius 2 is 1.76 bits per heavy atom. The number of benzene rings is 1. The summed E-state index contributed by atoms with van der Waals surface area (Å²) in [5, 5.41) is 2.51. The highest BCUT2D eigenvalue weighted by Gasteiger charge is 2.26. The Bertz CT molecular complexity index is 647. The number of carbonyl (C=O) groups is 1. The second-order valence-corrected chi connectivity index (χ2v) is 6.49. The van der Waals surface area contributed by atoms with Crippen LogP contribution in [-0.4, -0.2) is 26.4 Å². The normalized spacial score (nSPS) is 13.2. The average molecular weight is 321 g/mol. The van der Waals surface area contributed by atoms with E-state index < -0.39 is 44.2 Å². The number of carbonyl (C=O) groups excluding carboxylic acids is 1. The van der Waals surface area contributed by atoms with Crippen LogP contribution in [0.2, 0.25) is 0 Å². The van der Waals surface area contributed by atoms with Gasteiger partial charge in [0.15, 0.2) is 0 Å². The van der Waals surface area contributed by atoms with E-state index in [1.807, 2.05) is 4.72 Å². The molecule has 4 N–H and O–H groups in total. The maximum absolute atomic E-state index is 13.6. The van der Waals surface area contributed by atoms with Crippen molar-refractivity contribution in [3.8, 4) is 0 Å². The van der Waals surface area contributed by atoms with Crippen molar-refractivity contribution >= 4 is 21.6 Å². The van der Waals surface area contributed by atoms with Crippen molar-refractivity contribution in [1.29, 1.82) is 0 Å². The summed E-state index contributed by atoms with van der Waals surface area (Å²) in [6.45, 7) is 4.72. The molecule has 0 radical (unpaired) electrons. The lowest BCUT2D eigenvalue weighted by atomic mass is 10.3. The second kappa shape index (κ2) is 6.35. The third-order valence-corrected chi connectivity index (χ3v) is 4.05. The van der Waals surface area contributed by atoms with Crippen molar-refractivity contribution in [3.05, 3.63) is 23.8 Å². The summed E-state index contributed by atoms with van der Waals surface area (Å²) in [5.74, 6) is -2.91. The van der Waals surface area contributed by atoms with E-state index in [2.05, 4.69) is 5.32 Å². The monoisotopic (exact) mass is 321 g/mol. The first-order chi connectivity index (χ1) is 9.54. The van der Waals surface area contributed by atoms with E-state index in [9.17, 15) is 22.0 Å². The molecule has 0 aromatic heterocycles. The summed E-state index contributed by atoms with van der Waals surface area (Å²) in [5.41, 5.74) is 4.73. The number of rotatable bonds is 5. The quantitative estimate of drug-likeness (QED) is 0.696. The molecule has 21 heavy (non-hydrogen) atoms. The van der Waals surface area contributed by atoms with Gasteiger partial charge in [-0.2, -0.15) is 4.72 Å². The van der Waals surface area contributed by atoms with Crippen molar-refractivity contribution in [3.63, 3.8) is 0 Å². The predicted molar refractivity (Wildman–Crippen MR) is 73.8 cm³/mol. The molecule has 0 heterocycles. The minimum absolute atomic E-state index is 0.178. The Hall–Kier alpha value is -1.74. The van der Waals surface area contributed by atoms with Gasteiger partial charge in [0.2, 0.25) is 15.9 Å². The number of halogens is 2. The lowest BCUT2D eigenvalue weighted by Gasteiger charge is -2.16. The molecule has 0 aliphatic carbocycles. The third-order valence-electron chi connectivity index (χ3n) is 2.50. The van der Waals surface area contributed by atoms with Gasteiger partial charge in [0.1, 0.15) is 16.5 Å². The third kappa shape index (κ3) is 4.36. The molecule has 1 unspecified atom stereocenters. The number of nitrogen functional groups attached to an aromatic ring is 1. The molecular formula is C12H17F2N3O3S. The predicted octanol–water partition coefficient (Wildman–Crippen LogP) is 0.738. The number of hydrogen-bond acceptors (Lipinski definition) is 4. The van der Waals surface area contributed by atoms with E-state index in [4.69, 9.17) is 5.73 Å². The van der Waals surface area contributed by atoms with Crippen LogP contribution in [0.15, 0.2) is 17.0 Å². The van der Waals surface area contributed by atoms with E-state index >= 15 is 0 Å². The maximum Gasteiger partial charge on any atom is 0.244 e. The van der Waals surface area contributed by atoms with Crippen LogP contribution in [0, 0.1) is 11.6 Å². The molecule has 1 amide bonds. The van der Waals surface area contributed by atoms with Gasteiger partial charge in [-0.05, 0) is 26.8 Å². The Kier molecular flexibility index (Phi) is 5.24. The Labute approximate surface area is 121 Å². The average Bonchev–Trinajstić information content (AvgIpc) is 2.32. The number of amides is 1. The fourth-order valence-corrected chi connectivity index (χ4v) is 2.81. The number of hydrogen-bond donors (Lipinski definition) is 3. The summed E-state index contributed by atoms with van der Waals surface area (Å²) in [7, 11) is -4.34. The van der Waals surface area contributed by atoms with Crippen molar-refractivity contribution in [2.45, 2.75) is 37.8 Å². The number of nitrogens with one attached hydrogen (secondary N) is 2. The highest BCUT2D eigenvalue weighted by molar-refractivity contribution is 7.89. The minimum atomic E-state index is -4.34. The van der Waals surface area contributed by atoms with Crippen LogP contribution in [-0.2, 0) is 14.8 Å². The zero-order valence-electron chi connectivity index (χ0n) is 11.8. The molecule has 1 aromatic carbocycles. The van der Waals surface area contributed by atoms with Crippen LogP contribution in [0.5, 0.6) is 0 Å². The van der Waals surface area contributed by atoms with Crippen LogP contribution < -0.4 is 15.8 Å². The first-order valence-corrected chi connectivity index (χ1v) is 7.60. The number of anilines is 1. The van der Waals surface area contributed by atoms with Gasteiger partial charge in [-0.15, -0.1) is 0 Å². The summed E-state index contributed by atoms with van der Waals surface area (Å²) in [6, 6.07) is -0.256. The molecule has 6 nitrogen and oxygen atoms in total. The van der Waals surface area contributed by atoms with Crippen LogP contribution in [0.1, 0.15) is 20.8 Å². The molecule has 0 saturated carbocycles. The molecule has 1 atom stereocenters. The van der Waals surface area contributed by atoms with E-state index in [1.54, 1.807) is 13.8 Å². The minimum Gasteiger partial charge on any atom is -0.396 e. The smallest absolute Gasteiger partial charge is 0.244 e. The Morgan fingerprint density at radius 3 is 2.29 bits per heavy atom. The standard InChI is InChI=1S/C12H17F2N3O3S/c1-6(2)16-12(18)7(3)17-21(19,20)11-5-10(15)8(13)4-9(11)14/h4-7,17H,15H2,1-3H3,(H,16,18). The fourth-order valence-electron chi connectivity index (χ4n) is 1.51. The molecule has 9 heteroatoms. The van der Waals surface area contributed by atoms with Gasteiger partial charge in [0.05, 0.1) is 11.7 Å². The molecule has 0 fully saturated rings. The molecule has 0 spiro atoms. The van der Waals surface area contributed by atoms with Crippen LogP contribution in [0.3, 0.4) is 0 Å². The fraction of sp³-hybridized carbons (Fsp3) is 0.417. The highest BCUT2D eigenvalue weighted by atomic mass is 32.2. The molecule has 0 bridgehead atoms. The summed E-state index contributed by atoms with van der Waals surface area (Å²) >= 11 is 0. The first-order valence-electron chi connectivity index (χ1n) is 6.12. The molecule has 1 aromatic rings. The van der Waals surface area contributed by atoms with Crippen molar-refractivity contribution in [2.75, 3.05) is 5.73 Å². The van der Waals surface area contributed by atoms with Gasteiger partial charge >= 0.3 is 0 Å². The summed E-state index contributed by atoms with van der Waals surface area (Å²) in [4.78, 5) is 10.8. The topological polar surface area (TPSA) is 101 Å². The van der Waals surface area contributed by atoms with Crippen molar-refractivity contribution in [1.82, 2.24) is 10.0 Å². The van der Waals surface area contributed by atoms with Crippen molar-refractivity contribution in [2.24, 2.45) is 0 Å². The van der Waals surface area contributed by atoms with Gasteiger partial charge in [0, 0.05) is 12.1 Å². The largest absolute Gasteiger partial charge is 0.396 e. The van der Waals surface area contributed by atoms with Crippen LogP contribution in [0.4, 0.5) is 14.5 Å². The van der Waals surface area contributed by atoms with Crippen LogP contribution >= 0.6 is 0 Å². The van der Waals surface area contributed by atoms with Gasteiger partial charge in [-0.1, -0.05) is 0 Å². The van der Waals surface area contributed by atoms with Crippen LogP contribution in [0.25, 0.3) is 0 Å². The molecule has 0 aliphatic heterocycles. The molecular weight excluding hydrogens is 304 g/mol. The highest BCUT2D eigenvalue weighted by Crippen LogP contribution is 2.21. The van der Waals surface area contributed by atoms with Gasteiger partial charge < -0.3 is 11.1 Å². The summed E-state index contributed by atoms with van der Waals surface area (Å²) in [6.07, 6.45) is 0. The number of nitrogens with two attached hydrogens (primary N) is 1. The van der Waals surface area contributed by atoms with Gasteiger partial charge in [-0.3, -0.25) is 4.79 Å². The van der Waals surface area contributed by atoms with E-state index in [1.165, 1.54) is 6.92 Å². The lowest BCUT2D eigenvalue weighted by Crippen LogP contribution is -2.46. The molecule has 118 valence electrons. The van der Waals surface area contributed by atoms with Gasteiger partial charge in [0.25, 0.3) is 0 Å². The first kappa shape index (κ1) is 17.3. The Morgan fingerprint density at radius 1 is 1.19 bits per heavy atom. The van der Waals surface area contributed by atoms with E-state index in [0.717, 1.165) is 0 Å². The SMILES string of the molecule is CC(C)NC(=O)C(C)NS(=O)(=O)c1cc(N)c(F)cc1F. The van der Waals surface area contributed by atoms with E-state index in [-0.39, 0.29) is 6.04 Å². The van der Waals surface area contributed by atoms with E-state index in [0.29, 0.717) is 12.1 Å². The zero-order chi connectivity index (χ0) is 16.4. The summed E-state index contributed by atoms with van der Waals surface area (Å²) < 4.78 is 52.6. The molecule has 0 aliphatic rings. The van der Waals surface area contributed by atoms with Crippen molar-refractivity contribution < 1.29 is 22.0 Å². The second-order valence-electron chi connectivity index (χ2n) is 4.81. The zero-order valence-corrected chi connectivity index (χ0v) is 12.6. The maximum atomic E-state index is 13.6. The molecule has 1 rings (SSSR count). The molecule has 0 saturated heterocycles. The van der Waals surface area contributed by atoms with Gasteiger partial charge in [-0.25, -0.2) is 17.2 Å². The Balaban J connectivity index is 3.02. The lowest BCUT2D eigenvalue weighted by molar-refractivity contribution is -0.122. The number of sulfonamides is 1.